The number of piperazine rings is 1. The number of nitrogens with zero attached hydrogens (tertiary/aromatic N) is 2. The highest BCUT2D eigenvalue weighted by Gasteiger charge is 2.31. The third kappa shape index (κ3) is 3.59. The predicted octanol–water partition coefficient (Wildman–Crippen LogP) is 0.622. The molecular weight excluding hydrogens is 224 g/mol. The zero-order valence-corrected chi connectivity index (χ0v) is 10.5. The summed E-state index contributed by atoms with van der Waals surface area (Å²) in [7, 11) is 1.37. The molecular formula is C11H20N2O4. The number of rotatable bonds is 3. The zero-order valence-electron chi connectivity index (χ0n) is 10.5. The van der Waals surface area contributed by atoms with Crippen molar-refractivity contribution in [3.8, 4) is 0 Å². The summed E-state index contributed by atoms with van der Waals surface area (Å²) in [5.41, 5.74) is 0. The molecule has 0 aromatic heterocycles. The quantitative estimate of drug-likeness (QED) is 0.737. The zero-order chi connectivity index (χ0) is 13.0. The summed E-state index contributed by atoms with van der Waals surface area (Å²) in [6.45, 7) is 5.54. The smallest absolute Gasteiger partial charge is 0.407 e. The van der Waals surface area contributed by atoms with Crippen LogP contribution in [0.5, 0.6) is 0 Å². The van der Waals surface area contributed by atoms with Gasteiger partial charge in [-0.3, -0.25) is 9.69 Å². The Morgan fingerprint density at radius 2 is 1.82 bits per heavy atom. The lowest BCUT2D eigenvalue weighted by molar-refractivity contribution is -0.141. The molecule has 1 aliphatic rings. The second kappa shape index (κ2) is 5.86. The number of carbonyl (C=O) groups is 2. The first kappa shape index (κ1) is 13.8. The molecule has 1 aliphatic heterocycles. The van der Waals surface area contributed by atoms with Crippen molar-refractivity contribution in [1.82, 2.24) is 9.80 Å². The van der Waals surface area contributed by atoms with E-state index in [1.807, 2.05) is 13.8 Å². The average molecular weight is 244 g/mol. The molecule has 0 saturated carbocycles. The topological polar surface area (TPSA) is 70.1 Å². The van der Waals surface area contributed by atoms with E-state index in [4.69, 9.17) is 5.11 Å². The van der Waals surface area contributed by atoms with Gasteiger partial charge in [0.25, 0.3) is 0 Å². The van der Waals surface area contributed by atoms with Gasteiger partial charge in [0.05, 0.1) is 13.5 Å². The monoisotopic (exact) mass is 244 g/mol. The highest BCUT2D eigenvalue weighted by Crippen LogP contribution is 2.16. The molecule has 0 aromatic carbocycles. The number of ether oxygens (including phenoxy) is 1. The lowest BCUT2D eigenvalue weighted by Crippen LogP contribution is -2.58. The SMILES string of the molecule is COC(=O)CCN1C(C)CN(C(=O)O)CC1C. The van der Waals surface area contributed by atoms with E-state index in [2.05, 4.69) is 9.64 Å². The maximum atomic E-state index is 11.1. The number of carboxylic acid groups (broad SMARTS) is 1. The van der Waals surface area contributed by atoms with Gasteiger partial charge < -0.3 is 14.7 Å². The van der Waals surface area contributed by atoms with Gasteiger partial charge in [0.15, 0.2) is 0 Å². The normalized spacial score (nSPS) is 25.7. The largest absolute Gasteiger partial charge is 0.469 e. The number of carbonyl (C=O) groups excluding carboxylic acids is 1. The van der Waals surface area contributed by atoms with Gasteiger partial charge in [0.2, 0.25) is 0 Å². The fourth-order valence-electron chi connectivity index (χ4n) is 2.28. The Morgan fingerprint density at radius 3 is 2.24 bits per heavy atom. The highest BCUT2D eigenvalue weighted by molar-refractivity contribution is 5.69. The van der Waals surface area contributed by atoms with Gasteiger partial charge in [-0.25, -0.2) is 4.79 Å². The molecule has 17 heavy (non-hydrogen) atoms. The molecule has 6 heteroatoms. The molecule has 0 radical (unpaired) electrons. The second-order valence-corrected chi connectivity index (χ2v) is 4.45. The minimum absolute atomic E-state index is 0.125. The third-order valence-electron chi connectivity index (χ3n) is 3.17. The van der Waals surface area contributed by atoms with E-state index in [1.54, 1.807) is 0 Å². The number of amides is 1. The molecule has 0 aromatic rings. The molecule has 0 spiro atoms. The van der Waals surface area contributed by atoms with E-state index in [0.29, 0.717) is 26.1 Å². The van der Waals surface area contributed by atoms with Gasteiger partial charge in [0, 0.05) is 31.7 Å². The Kier molecular flexibility index (Phi) is 4.74. The molecule has 2 atom stereocenters. The number of esters is 1. The Hall–Kier alpha value is -1.30. The second-order valence-electron chi connectivity index (χ2n) is 4.45. The summed E-state index contributed by atoms with van der Waals surface area (Å²) in [5, 5.41) is 8.95. The van der Waals surface area contributed by atoms with Crippen LogP contribution in [0.3, 0.4) is 0 Å². The van der Waals surface area contributed by atoms with Crippen LogP contribution in [0.4, 0.5) is 4.79 Å². The summed E-state index contributed by atoms with van der Waals surface area (Å²) in [4.78, 5) is 25.6. The van der Waals surface area contributed by atoms with Crippen molar-refractivity contribution in [2.75, 3.05) is 26.7 Å². The van der Waals surface area contributed by atoms with E-state index in [-0.39, 0.29) is 18.1 Å². The Morgan fingerprint density at radius 1 is 1.29 bits per heavy atom. The fraction of sp³-hybridized carbons (Fsp3) is 0.818. The van der Waals surface area contributed by atoms with Crippen molar-refractivity contribution >= 4 is 12.1 Å². The minimum Gasteiger partial charge on any atom is -0.469 e. The molecule has 0 aliphatic carbocycles. The van der Waals surface area contributed by atoms with Crippen LogP contribution in [-0.2, 0) is 9.53 Å². The molecule has 98 valence electrons. The molecule has 1 rings (SSSR count). The highest BCUT2D eigenvalue weighted by atomic mass is 16.5. The van der Waals surface area contributed by atoms with Crippen molar-refractivity contribution in [2.45, 2.75) is 32.4 Å². The molecule has 1 N–H and O–H groups in total. The number of hydrogen-bond donors (Lipinski definition) is 1. The Bertz CT molecular complexity index is 283. The third-order valence-corrected chi connectivity index (χ3v) is 3.17. The van der Waals surface area contributed by atoms with Crippen LogP contribution in [-0.4, -0.2) is 65.8 Å². The standard InChI is InChI=1S/C11H20N2O4/c1-8-6-12(11(15)16)7-9(2)13(8)5-4-10(14)17-3/h8-9H,4-7H2,1-3H3,(H,15,16). The van der Waals surface area contributed by atoms with E-state index in [0.717, 1.165) is 0 Å². The molecule has 0 bridgehead atoms. The van der Waals surface area contributed by atoms with Crippen LogP contribution in [0.2, 0.25) is 0 Å². The first-order valence-corrected chi connectivity index (χ1v) is 5.76. The van der Waals surface area contributed by atoms with Crippen molar-refractivity contribution in [1.29, 1.82) is 0 Å². The van der Waals surface area contributed by atoms with Crippen LogP contribution in [0.1, 0.15) is 20.3 Å². The maximum Gasteiger partial charge on any atom is 0.407 e. The summed E-state index contributed by atoms with van der Waals surface area (Å²) < 4.78 is 4.60. The lowest BCUT2D eigenvalue weighted by atomic mass is 10.1. The van der Waals surface area contributed by atoms with E-state index in [9.17, 15) is 9.59 Å². The minimum atomic E-state index is -0.878. The van der Waals surface area contributed by atoms with Gasteiger partial charge in [0.1, 0.15) is 0 Å². The van der Waals surface area contributed by atoms with Crippen LogP contribution < -0.4 is 0 Å². The van der Waals surface area contributed by atoms with E-state index in [1.165, 1.54) is 12.0 Å². The molecule has 1 heterocycles. The summed E-state index contributed by atoms with van der Waals surface area (Å²) in [5.74, 6) is -0.231. The van der Waals surface area contributed by atoms with E-state index >= 15 is 0 Å². The summed E-state index contributed by atoms with van der Waals surface area (Å²) in [6.07, 6.45) is -0.533. The first-order chi connectivity index (χ1) is 7.95. The van der Waals surface area contributed by atoms with Crippen molar-refractivity contribution in [2.24, 2.45) is 0 Å². The van der Waals surface area contributed by atoms with Crippen molar-refractivity contribution < 1.29 is 19.4 Å². The van der Waals surface area contributed by atoms with Crippen LogP contribution >= 0.6 is 0 Å². The van der Waals surface area contributed by atoms with Crippen LogP contribution in [0.25, 0.3) is 0 Å². The van der Waals surface area contributed by atoms with Crippen LogP contribution in [0.15, 0.2) is 0 Å². The number of hydrogen-bond acceptors (Lipinski definition) is 4. The number of methoxy groups -OCH3 is 1. The van der Waals surface area contributed by atoms with Gasteiger partial charge >= 0.3 is 12.1 Å². The van der Waals surface area contributed by atoms with Gasteiger partial charge in [-0.2, -0.15) is 0 Å². The van der Waals surface area contributed by atoms with Gasteiger partial charge in [-0.05, 0) is 13.8 Å². The molecule has 2 unspecified atom stereocenters. The Labute approximate surface area is 101 Å². The van der Waals surface area contributed by atoms with Crippen LogP contribution in [0, 0.1) is 0 Å². The Balaban J connectivity index is 2.51. The maximum absolute atomic E-state index is 11.1. The molecule has 1 saturated heterocycles. The predicted molar refractivity (Wildman–Crippen MR) is 61.9 cm³/mol. The van der Waals surface area contributed by atoms with Crippen molar-refractivity contribution in [3.63, 3.8) is 0 Å². The summed E-state index contributed by atoms with van der Waals surface area (Å²) >= 11 is 0. The summed E-state index contributed by atoms with van der Waals surface area (Å²) in [6, 6.07) is 0.249. The van der Waals surface area contributed by atoms with Gasteiger partial charge in [-0.15, -0.1) is 0 Å². The lowest BCUT2D eigenvalue weighted by Gasteiger charge is -2.43. The molecule has 6 nitrogen and oxygen atoms in total. The molecule has 1 amide bonds. The fourth-order valence-corrected chi connectivity index (χ4v) is 2.28. The molecule has 1 fully saturated rings. The van der Waals surface area contributed by atoms with E-state index < -0.39 is 6.09 Å². The van der Waals surface area contributed by atoms with Crippen molar-refractivity contribution in [3.05, 3.63) is 0 Å². The first-order valence-electron chi connectivity index (χ1n) is 5.76. The van der Waals surface area contributed by atoms with Gasteiger partial charge in [-0.1, -0.05) is 0 Å². The average Bonchev–Trinajstić information content (AvgIpc) is 2.27.